The van der Waals surface area contributed by atoms with Crippen LogP contribution in [0.15, 0.2) is 76.0 Å². The van der Waals surface area contributed by atoms with Gasteiger partial charge in [0.15, 0.2) is 11.5 Å². The Hall–Kier alpha value is -3.49. The average molecular weight is 436 g/mol. The number of benzene rings is 3. The molecule has 0 aliphatic rings. The van der Waals surface area contributed by atoms with Gasteiger partial charge in [0.25, 0.3) is 0 Å². The Labute approximate surface area is 179 Å². The summed E-state index contributed by atoms with van der Waals surface area (Å²) in [4.78, 5) is 15.6. The topological polar surface area (TPSA) is 110 Å². The molecule has 3 aromatic carbocycles. The van der Waals surface area contributed by atoms with E-state index < -0.39 is 16.0 Å². The Morgan fingerprint density at radius 1 is 1.03 bits per heavy atom. The molecule has 0 unspecified atom stereocenters. The number of hydrogen-bond donors (Lipinski definition) is 2. The lowest BCUT2D eigenvalue weighted by Gasteiger charge is -2.08. The van der Waals surface area contributed by atoms with Crippen molar-refractivity contribution in [1.29, 1.82) is 0 Å². The van der Waals surface area contributed by atoms with E-state index in [1.807, 2.05) is 48.5 Å². The summed E-state index contributed by atoms with van der Waals surface area (Å²) in [7, 11) is -3.86. The molecule has 2 N–H and O–H groups in total. The first kappa shape index (κ1) is 20.8. The fourth-order valence-corrected chi connectivity index (χ4v) is 4.32. The summed E-state index contributed by atoms with van der Waals surface area (Å²) in [5, 5.41) is 9.21. The summed E-state index contributed by atoms with van der Waals surface area (Å²) in [6.45, 7) is 1.68. The fraction of sp³-hybridized carbons (Fsp3) is 0.130. The second-order valence-electron chi connectivity index (χ2n) is 7.09. The van der Waals surface area contributed by atoms with Crippen LogP contribution in [0.5, 0.6) is 0 Å². The van der Waals surface area contributed by atoms with E-state index >= 15 is 0 Å². The quantitative estimate of drug-likeness (QED) is 0.453. The zero-order valence-corrected chi connectivity index (χ0v) is 17.5. The second kappa shape index (κ2) is 8.33. The Morgan fingerprint density at radius 2 is 1.81 bits per heavy atom. The molecule has 0 bridgehead atoms. The lowest BCUT2D eigenvalue weighted by molar-refractivity contribution is 0.0696. The van der Waals surface area contributed by atoms with Crippen molar-refractivity contribution in [2.75, 3.05) is 6.54 Å². The fourth-order valence-electron chi connectivity index (χ4n) is 3.27. The highest BCUT2D eigenvalue weighted by atomic mass is 32.2. The molecule has 4 rings (SSSR count). The number of rotatable bonds is 7. The molecule has 0 spiro atoms. The van der Waals surface area contributed by atoms with Gasteiger partial charge in [-0.2, -0.15) is 0 Å². The molecule has 0 saturated carbocycles. The number of aromatic carboxylic acids is 1. The summed E-state index contributed by atoms with van der Waals surface area (Å²) >= 11 is 0. The van der Waals surface area contributed by atoms with Gasteiger partial charge in [0.2, 0.25) is 10.0 Å². The van der Waals surface area contributed by atoms with Gasteiger partial charge in [-0.1, -0.05) is 42.5 Å². The van der Waals surface area contributed by atoms with Crippen LogP contribution in [-0.4, -0.2) is 31.0 Å². The number of fused-ring (bicyclic) bond motifs is 1. The Balaban J connectivity index is 1.47. The van der Waals surface area contributed by atoms with Crippen LogP contribution in [0.25, 0.3) is 22.2 Å². The van der Waals surface area contributed by atoms with Crippen molar-refractivity contribution in [3.05, 3.63) is 83.7 Å². The van der Waals surface area contributed by atoms with Crippen LogP contribution < -0.4 is 4.72 Å². The SMILES string of the molecule is Cc1ccc(S(=O)(=O)NCCc2nc3cc(-c4ccccc4)ccc3o2)cc1C(=O)O. The van der Waals surface area contributed by atoms with E-state index in [4.69, 9.17) is 4.42 Å². The molecular formula is C23H20N2O5S. The number of carbonyl (C=O) groups is 1. The first-order chi connectivity index (χ1) is 14.8. The minimum absolute atomic E-state index is 0.0453. The monoisotopic (exact) mass is 436 g/mol. The van der Waals surface area contributed by atoms with Crippen molar-refractivity contribution < 1.29 is 22.7 Å². The van der Waals surface area contributed by atoms with Crippen LogP contribution in [-0.2, 0) is 16.4 Å². The summed E-state index contributed by atoms with van der Waals surface area (Å²) in [5.41, 5.74) is 3.86. The normalized spacial score (nSPS) is 11.6. The number of sulfonamides is 1. The Kier molecular flexibility index (Phi) is 5.58. The first-order valence-electron chi connectivity index (χ1n) is 9.62. The van der Waals surface area contributed by atoms with Crippen LogP contribution in [0, 0.1) is 6.92 Å². The van der Waals surface area contributed by atoms with E-state index in [-0.39, 0.29) is 23.4 Å². The van der Waals surface area contributed by atoms with Crippen LogP contribution in [0.2, 0.25) is 0 Å². The first-order valence-corrected chi connectivity index (χ1v) is 11.1. The molecule has 0 radical (unpaired) electrons. The van der Waals surface area contributed by atoms with E-state index in [1.54, 1.807) is 6.92 Å². The molecule has 8 heteroatoms. The molecule has 0 saturated heterocycles. The zero-order valence-electron chi connectivity index (χ0n) is 16.7. The third kappa shape index (κ3) is 4.50. The number of nitrogens with zero attached hydrogens (tertiary/aromatic N) is 1. The molecule has 0 amide bonds. The predicted octanol–water partition coefficient (Wildman–Crippen LogP) is 4.02. The smallest absolute Gasteiger partial charge is 0.335 e. The molecule has 158 valence electrons. The number of aromatic nitrogens is 1. The van der Waals surface area contributed by atoms with Gasteiger partial charge >= 0.3 is 5.97 Å². The molecule has 4 aromatic rings. The van der Waals surface area contributed by atoms with E-state index in [9.17, 15) is 18.3 Å². The van der Waals surface area contributed by atoms with E-state index in [2.05, 4.69) is 9.71 Å². The zero-order chi connectivity index (χ0) is 22.0. The summed E-state index contributed by atoms with van der Waals surface area (Å²) in [6, 6.07) is 19.7. The van der Waals surface area contributed by atoms with Gasteiger partial charge in [-0.25, -0.2) is 22.9 Å². The second-order valence-corrected chi connectivity index (χ2v) is 8.85. The molecule has 1 aromatic heterocycles. The van der Waals surface area contributed by atoms with Crippen molar-refractivity contribution in [3.8, 4) is 11.1 Å². The summed E-state index contributed by atoms with van der Waals surface area (Å²) in [6.07, 6.45) is 0.256. The number of aryl methyl sites for hydroxylation is 1. The number of hydrogen-bond acceptors (Lipinski definition) is 5. The minimum Gasteiger partial charge on any atom is -0.478 e. The van der Waals surface area contributed by atoms with Gasteiger partial charge in [-0.05, 0) is 47.9 Å². The van der Waals surface area contributed by atoms with E-state index in [1.165, 1.54) is 12.1 Å². The van der Waals surface area contributed by atoms with Gasteiger partial charge in [-0.15, -0.1) is 0 Å². The maximum atomic E-state index is 12.5. The highest BCUT2D eigenvalue weighted by Gasteiger charge is 2.18. The van der Waals surface area contributed by atoms with Crippen molar-refractivity contribution in [3.63, 3.8) is 0 Å². The van der Waals surface area contributed by atoms with Crippen molar-refractivity contribution >= 4 is 27.1 Å². The average Bonchev–Trinajstić information content (AvgIpc) is 3.16. The Bertz CT molecular complexity index is 1360. The maximum absolute atomic E-state index is 12.5. The van der Waals surface area contributed by atoms with Crippen molar-refractivity contribution in [2.24, 2.45) is 0 Å². The van der Waals surface area contributed by atoms with Crippen LogP contribution in [0.3, 0.4) is 0 Å². The van der Waals surface area contributed by atoms with Gasteiger partial charge in [-0.3, -0.25) is 0 Å². The summed E-state index contributed by atoms with van der Waals surface area (Å²) in [5.74, 6) is -0.756. The highest BCUT2D eigenvalue weighted by molar-refractivity contribution is 7.89. The van der Waals surface area contributed by atoms with Crippen LogP contribution in [0.4, 0.5) is 0 Å². The lowest BCUT2D eigenvalue weighted by atomic mass is 10.1. The third-order valence-corrected chi connectivity index (χ3v) is 6.38. The largest absolute Gasteiger partial charge is 0.478 e. The maximum Gasteiger partial charge on any atom is 0.335 e. The molecule has 31 heavy (non-hydrogen) atoms. The third-order valence-electron chi connectivity index (χ3n) is 4.92. The van der Waals surface area contributed by atoms with Crippen molar-refractivity contribution in [1.82, 2.24) is 9.71 Å². The molecular weight excluding hydrogens is 416 g/mol. The molecule has 1 heterocycles. The number of carboxylic acids is 1. The minimum atomic E-state index is -3.86. The lowest BCUT2D eigenvalue weighted by Crippen LogP contribution is -2.26. The standard InChI is InChI=1S/C23H20N2O5S/c1-15-7-9-18(14-19(15)23(26)27)31(28,29)24-12-11-22-25-20-13-17(8-10-21(20)30-22)16-5-3-2-4-6-16/h2-10,13-14,24H,11-12H2,1H3,(H,26,27). The predicted molar refractivity (Wildman–Crippen MR) is 116 cm³/mol. The molecule has 0 aliphatic heterocycles. The Morgan fingerprint density at radius 3 is 2.55 bits per heavy atom. The summed E-state index contributed by atoms with van der Waals surface area (Å²) < 4.78 is 33.2. The van der Waals surface area contributed by atoms with Crippen LogP contribution in [0.1, 0.15) is 21.8 Å². The molecule has 0 aliphatic carbocycles. The van der Waals surface area contributed by atoms with E-state index in [0.717, 1.165) is 17.2 Å². The van der Waals surface area contributed by atoms with Crippen LogP contribution >= 0.6 is 0 Å². The van der Waals surface area contributed by atoms with Gasteiger partial charge < -0.3 is 9.52 Å². The highest BCUT2D eigenvalue weighted by Crippen LogP contribution is 2.25. The van der Waals surface area contributed by atoms with Gasteiger partial charge in [0.1, 0.15) is 5.52 Å². The van der Waals surface area contributed by atoms with Gasteiger partial charge in [0, 0.05) is 13.0 Å². The van der Waals surface area contributed by atoms with Crippen molar-refractivity contribution in [2.45, 2.75) is 18.2 Å². The molecule has 7 nitrogen and oxygen atoms in total. The molecule has 0 fully saturated rings. The van der Waals surface area contributed by atoms with E-state index in [0.29, 0.717) is 22.6 Å². The molecule has 0 atom stereocenters. The number of nitrogens with one attached hydrogen (secondary N) is 1. The number of oxazole rings is 1. The number of carboxylic acid groups (broad SMARTS) is 1. The van der Waals surface area contributed by atoms with Gasteiger partial charge in [0.05, 0.1) is 10.5 Å².